The molecule has 0 bridgehead atoms. The Labute approximate surface area is 150 Å². The number of rotatable bonds is 7. The molecule has 2 atom stereocenters. The van der Waals surface area contributed by atoms with Gasteiger partial charge >= 0.3 is 6.16 Å². The third-order valence-electron chi connectivity index (χ3n) is 3.87. The van der Waals surface area contributed by atoms with E-state index in [1.165, 1.54) is 13.2 Å². The van der Waals surface area contributed by atoms with Gasteiger partial charge in [-0.2, -0.15) is 0 Å². The molecule has 0 amide bonds. The molecule has 0 aromatic heterocycles. The smallest absolute Gasteiger partial charge is 0.438 e. The molecule has 7 heteroatoms. The van der Waals surface area contributed by atoms with Crippen LogP contribution in [0, 0.1) is 26.7 Å². The number of sulfonamides is 1. The Morgan fingerprint density at radius 1 is 1.20 bits per heavy atom. The van der Waals surface area contributed by atoms with Crippen LogP contribution in [-0.4, -0.2) is 33.8 Å². The molecule has 6 nitrogen and oxygen atoms in total. The number of methoxy groups -OCH3 is 1. The first kappa shape index (κ1) is 21.2. The molecule has 0 unspecified atom stereocenters. The van der Waals surface area contributed by atoms with Crippen molar-refractivity contribution in [3.63, 3.8) is 0 Å². The van der Waals surface area contributed by atoms with Gasteiger partial charge in [0.15, 0.2) is 0 Å². The molecule has 0 spiro atoms. The molecule has 0 saturated heterocycles. The predicted molar refractivity (Wildman–Crippen MR) is 97.1 cm³/mol. The molecule has 140 valence electrons. The normalized spacial score (nSPS) is 14.0. The van der Waals surface area contributed by atoms with Crippen LogP contribution in [0.25, 0.3) is 0 Å². The molecular weight excluding hydrogens is 342 g/mol. The van der Waals surface area contributed by atoms with Crippen LogP contribution in [0.2, 0.25) is 0 Å². The summed E-state index contributed by atoms with van der Waals surface area (Å²) in [5, 5.41) is 0. The molecule has 1 aromatic carbocycles. The molecule has 0 aliphatic rings. The molecule has 0 aliphatic heterocycles. The van der Waals surface area contributed by atoms with Crippen LogP contribution in [0.4, 0.5) is 4.79 Å². The van der Waals surface area contributed by atoms with Gasteiger partial charge in [-0.25, -0.2) is 17.9 Å². The second-order valence-corrected chi connectivity index (χ2v) is 8.04. The average Bonchev–Trinajstić information content (AvgIpc) is 2.48. The minimum atomic E-state index is -3.81. The minimum absolute atomic E-state index is 0.145. The number of hydrogen-bond acceptors (Lipinski definition) is 5. The zero-order chi connectivity index (χ0) is 19.4. The molecule has 0 fully saturated rings. The largest absolute Gasteiger partial charge is 0.508 e. The van der Waals surface area contributed by atoms with Crippen molar-refractivity contribution < 1.29 is 22.7 Å². The fraction of sp³-hybridized carbons (Fsp3) is 0.500. The van der Waals surface area contributed by atoms with Crippen molar-refractivity contribution in [2.45, 2.75) is 51.7 Å². The van der Waals surface area contributed by atoms with Crippen molar-refractivity contribution in [3.05, 3.63) is 41.5 Å². The summed E-state index contributed by atoms with van der Waals surface area (Å²) in [7, 11) is -2.62. The van der Waals surface area contributed by atoms with Crippen molar-refractivity contribution in [1.29, 1.82) is 0 Å². The molecule has 1 aromatic rings. The zero-order valence-corrected chi connectivity index (χ0v) is 16.4. The molecule has 1 N–H and O–H groups in total. The molecule has 1 rings (SSSR count). The van der Waals surface area contributed by atoms with Gasteiger partial charge in [-0.05, 0) is 43.9 Å². The third kappa shape index (κ3) is 5.31. The Bertz CT molecular complexity index is 717. The SMILES string of the molecule is C=C[C@@H](OC(=O)OC)[C@@H](NS(=O)(=O)c1c(C)cc(C)cc1C)C(C)C. The van der Waals surface area contributed by atoms with Gasteiger partial charge in [0.25, 0.3) is 0 Å². The second kappa shape index (κ2) is 8.49. The van der Waals surface area contributed by atoms with Crippen LogP contribution in [0.5, 0.6) is 0 Å². The fourth-order valence-electron chi connectivity index (χ4n) is 2.84. The molecule has 0 radical (unpaired) electrons. The number of ether oxygens (including phenoxy) is 2. The summed E-state index contributed by atoms with van der Waals surface area (Å²) in [6.07, 6.45) is -0.357. The highest BCUT2D eigenvalue weighted by atomic mass is 32.2. The highest BCUT2D eigenvalue weighted by Crippen LogP contribution is 2.23. The quantitative estimate of drug-likeness (QED) is 0.589. The van der Waals surface area contributed by atoms with Crippen molar-refractivity contribution in [2.75, 3.05) is 7.11 Å². The van der Waals surface area contributed by atoms with Crippen LogP contribution in [-0.2, 0) is 19.5 Å². The average molecular weight is 369 g/mol. The highest BCUT2D eigenvalue weighted by Gasteiger charge is 2.32. The van der Waals surface area contributed by atoms with Crippen molar-refractivity contribution in [2.24, 2.45) is 5.92 Å². The zero-order valence-electron chi connectivity index (χ0n) is 15.6. The lowest BCUT2D eigenvalue weighted by Gasteiger charge is -2.28. The monoisotopic (exact) mass is 369 g/mol. The Balaban J connectivity index is 3.24. The maximum absolute atomic E-state index is 13.0. The lowest BCUT2D eigenvalue weighted by molar-refractivity contribution is 0.0369. The summed E-state index contributed by atoms with van der Waals surface area (Å²) in [5.41, 5.74) is 2.32. The van der Waals surface area contributed by atoms with Crippen LogP contribution in [0.1, 0.15) is 30.5 Å². The van der Waals surface area contributed by atoms with Gasteiger partial charge < -0.3 is 9.47 Å². The van der Waals surface area contributed by atoms with E-state index in [-0.39, 0.29) is 10.8 Å². The lowest BCUT2D eigenvalue weighted by Crippen LogP contribution is -2.47. The number of nitrogens with one attached hydrogen (secondary N) is 1. The molecule has 25 heavy (non-hydrogen) atoms. The first-order chi connectivity index (χ1) is 11.5. The number of aryl methyl sites for hydroxylation is 3. The summed E-state index contributed by atoms with van der Waals surface area (Å²) < 4.78 is 38.2. The summed E-state index contributed by atoms with van der Waals surface area (Å²) >= 11 is 0. The maximum atomic E-state index is 13.0. The molecular formula is C18H27NO5S. The Morgan fingerprint density at radius 3 is 2.12 bits per heavy atom. The first-order valence-corrected chi connectivity index (χ1v) is 9.49. The number of benzene rings is 1. The fourth-order valence-corrected chi connectivity index (χ4v) is 4.69. The van der Waals surface area contributed by atoms with E-state index < -0.39 is 28.3 Å². The van der Waals surface area contributed by atoms with E-state index in [4.69, 9.17) is 4.74 Å². The van der Waals surface area contributed by atoms with Crippen molar-refractivity contribution in [1.82, 2.24) is 4.72 Å². The Kier molecular flexibility index (Phi) is 7.19. The predicted octanol–water partition coefficient (Wildman–Crippen LogP) is 3.25. The van der Waals surface area contributed by atoms with Gasteiger partial charge in [0.2, 0.25) is 10.0 Å². The minimum Gasteiger partial charge on any atom is -0.438 e. The van der Waals surface area contributed by atoms with Crippen molar-refractivity contribution >= 4 is 16.2 Å². The van der Waals surface area contributed by atoms with Gasteiger partial charge in [0.1, 0.15) is 6.10 Å². The second-order valence-electron chi connectivity index (χ2n) is 6.39. The van der Waals surface area contributed by atoms with E-state index in [1.807, 2.05) is 32.9 Å². The third-order valence-corrected chi connectivity index (χ3v) is 5.63. The van der Waals surface area contributed by atoms with Crippen molar-refractivity contribution in [3.8, 4) is 0 Å². The van der Waals surface area contributed by atoms with Gasteiger partial charge in [-0.3, -0.25) is 0 Å². The van der Waals surface area contributed by atoms with Crippen LogP contribution in [0.3, 0.4) is 0 Å². The Hall–Kier alpha value is -1.86. The van der Waals surface area contributed by atoms with E-state index in [2.05, 4.69) is 16.0 Å². The summed E-state index contributed by atoms with van der Waals surface area (Å²) in [4.78, 5) is 11.7. The van der Waals surface area contributed by atoms with Crippen LogP contribution >= 0.6 is 0 Å². The Morgan fingerprint density at radius 2 is 1.72 bits per heavy atom. The topological polar surface area (TPSA) is 81.7 Å². The van der Waals surface area contributed by atoms with Gasteiger partial charge in [0, 0.05) is 0 Å². The number of hydrogen-bond donors (Lipinski definition) is 1. The van der Waals surface area contributed by atoms with E-state index in [0.717, 1.165) is 5.56 Å². The first-order valence-electron chi connectivity index (χ1n) is 8.00. The molecule has 0 heterocycles. The summed E-state index contributed by atoms with van der Waals surface area (Å²) in [6.45, 7) is 12.7. The lowest BCUT2D eigenvalue weighted by atomic mass is 10.00. The molecule has 0 aliphatic carbocycles. The standard InChI is InChI=1S/C18H27NO5S/c1-8-15(24-18(20)23-7)16(11(2)3)19-25(21,22)17-13(5)9-12(4)10-14(17)6/h8-11,15-16,19H,1H2,2-7H3/t15-,16+/m1/s1. The van der Waals surface area contributed by atoms with Crippen LogP contribution < -0.4 is 4.72 Å². The van der Waals surface area contributed by atoms with E-state index in [1.54, 1.807) is 13.8 Å². The van der Waals surface area contributed by atoms with Gasteiger partial charge in [-0.15, -0.1) is 0 Å². The number of carbonyl (C=O) groups is 1. The summed E-state index contributed by atoms with van der Waals surface area (Å²) in [6, 6.07) is 2.96. The maximum Gasteiger partial charge on any atom is 0.508 e. The van der Waals surface area contributed by atoms with E-state index >= 15 is 0 Å². The number of carbonyl (C=O) groups excluding carboxylic acids is 1. The van der Waals surface area contributed by atoms with Crippen LogP contribution in [0.15, 0.2) is 29.7 Å². The van der Waals surface area contributed by atoms with Gasteiger partial charge in [-0.1, -0.05) is 38.1 Å². The summed E-state index contributed by atoms with van der Waals surface area (Å²) in [5.74, 6) is -0.145. The van der Waals surface area contributed by atoms with E-state index in [0.29, 0.717) is 11.1 Å². The molecule has 0 saturated carbocycles. The highest BCUT2D eigenvalue weighted by molar-refractivity contribution is 7.89. The van der Waals surface area contributed by atoms with Gasteiger partial charge in [0.05, 0.1) is 18.0 Å². The van der Waals surface area contributed by atoms with E-state index in [9.17, 15) is 13.2 Å².